The van der Waals surface area contributed by atoms with Crippen LogP contribution in [0.4, 0.5) is 5.82 Å². The van der Waals surface area contributed by atoms with Crippen molar-refractivity contribution in [3.8, 4) is 0 Å². The predicted molar refractivity (Wildman–Crippen MR) is 66.1 cm³/mol. The van der Waals surface area contributed by atoms with Crippen LogP contribution in [0.15, 0.2) is 24.4 Å². The molecule has 5 heteroatoms. The zero-order valence-corrected chi connectivity index (χ0v) is 10.0. The van der Waals surface area contributed by atoms with Gasteiger partial charge in [-0.3, -0.25) is 4.40 Å². The van der Waals surface area contributed by atoms with Crippen LogP contribution in [0.1, 0.15) is 12.6 Å². The minimum absolute atomic E-state index is 0.0368. The number of hydrogen-bond acceptors (Lipinski definition) is 4. The number of imidazole rings is 1. The van der Waals surface area contributed by atoms with E-state index in [0.717, 1.165) is 11.3 Å². The maximum Gasteiger partial charge on any atom is 0.153 e. The van der Waals surface area contributed by atoms with Gasteiger partial charge in [0.2, 0.25) is 0 Å². The first kappa shape index (κ1) is 11.9. The molecular formula is C12H17N3O2. The molecule has 0 bridgehead atoms. The molecule has 0 aliphatic rings. The molecule has 2 aromatic heterocycles. The molecule has 0 fully saturated rings. The van der Waals surface area contributed by atoms with Crippen LogP contribution in [0.2, 0.25) is 0 Å². The van der Waals surface area contributed by atoms with E-state index >= 15 is 0 Å². The third-order valence-electron chi connectivity index (χ3n) is 3.02. The molecule has 0 amide bonds. The minimum Gasteiger partial charge on any atom is -0.394 e. The fourth-order valence-corrected chi connectivity index (χ4v) is 1.79. The number of fused-ring (bicyclic) bond motifs is 1. The van der Waals surface area contributed by atoms with Crippen molar-refractivity contribution < 1.29 is 10.2 Å². The number of hydrogen-bond donors (Lipinski definition) is 2. The van der Waals surface area contributed by atoms with E-state index in [0.29, 0.717) is 5.82 Å². The highest BCUT2D eigenvalue weighted by molar-refractivity contribution is 5.55. The van der Waals surface area contributed by atoms with E-state index in [1.807, 2.05) is 47.7 Å². The third kappa shape index (κ3) is 1.99. The van der Waals surface area contributed by atoms with Crippen molar-refractivity contribution in [1.29, 1.82) is 0 Å². The molecule has 17 heavy (non-hydrogen) atoms. The average Bonchev–Trinajstić information content (AvgIpc) is 2.75. The van der Waals surface area contributed by atoms with Gasteiger partial charge in [0.25, 0.3) is 0 Å². The maximum absolute atomic E-state index is 9.46. The quantitative estimate of drug-likeness (QED) is 0.816. The Labute approximate surface area is 99.9 Å². The van der Waals surface area contributed by atoms with E-state index in [2.05, 4.69) is 4.98 Å². The molecule has 2 N–H and O–H groups in total. The highest BCUT2D eigenvalue weighted by Crippen LogP contribution is 2.22. The highest BCUT2D eigenvalue weighted by atomic mass is 16.3. The van der Waals surface area contributed by atoms with Crippen molar-refractivity contribution >= 4 is 11.5 Å². The summed E-state index contributed by atoms with van der Waals surface area (Å²) in [6.07, 6.45) is 1.87. The van der Waals surface area contributed by atoms with Crippen LogP contribution >= 0.6 is 0 Å². The zero-order valence-electron chi connectivity index (χ0n) is 10.0. The molecule has 0 aliphatic heterocycles. The number of rotatable bonds is 4. The van der Waals surface area contributed by atoms with E-state index in [4.69, 9.17) is 5.11 Å². The van der Waals surface area contributed by atoms with Crippen LogP contribution in [-0.4, -0.2) is 39.3 Å². The Morgan fingerprint density at radius 3 is 2.82 bits per heavy atom. The Morgan fingerprint density at radius 2 is 2.18 bits per heavy atom. The average molecular weight is 235 g/mol. The molecule has 2 rings (SSSR count). The Hall–Kier alpha value is -1.59. The molecule has 1 unspecified atom stereocenters. The molecule has 2 heterocycles. The van der Waals surface area contributed by atoms with Crippen molar-refractivity contribution in [1.82, 2.24) is 9.38 Å². The molecule has 1 atom stereocenters. The van der Waals surface area contributed by atoms with Gasteiger partial charge in [-0.2, -0.15) is 0 Å². The molecule has 0 aliphatic carbocycles. The third-order valence-corrected chi connectivity index (χ3v) is 3.02. The Bertz CT molecular complexity index is 509. The summed E-state index contributed by atoms with van der Waals surface area (Å²) in [4.78, 5) is 6.34. The van der Waals surface area contributed by atoms with Crippen molar-refractivity contribution in [2.24, 2.45) is 0 Å². The van der Waals surface area contributed by atoms with Crippen LogP contribution in [-0.2, 0) is 6.61 Å². The molecule has 0 saturated carbocycles. The lowest BCUT2D eigenvalue weighted by atomic mass is 10.3. The number of nitrogens with zero attached hydrogens (tertiary/aromatic N) is 3. The van der Waals surface area contributed by atoms with Gasteiger partial charge in [0.05, 0.1) is 24.9 Å². The molecular weight excluding hydrogens is 218 g/mol. The summed E-state index contributed by atoms with van der Waals surface area (Å²) < 4.78 is 1.86. The lowest BCUT2D eigenvalue weighted by Crippen LogP contribution is -2.32. The number of aliphatic hydroxyl groups is 2. The van der Waals surface area contributed by atoms with Crippen molar-refractivity contribution in [2.45, 2.75) is 19.6 Å². The van der Waals surface area contributed by atoms with Gasteiger partial charge in [-0.1, -0.05) is 6.07 Å². The molecule has 0 saturated heterocycles. The standard InChI is InChI=1S/C12H17N3O2/c1-9(7-16)14(2)12-10(8-17)15-6-4-3-5-11(15)13-12/h3-6,9,16-17H,7-8H2,1-2H3. The summed E-state index contributed by atoms with van der Waals surface area (Å²) in [6.45, 7) is 1.88. The minimum atomic E-state index is -0.0804. The summed E-state index contributed by atoms with van der Waals surface area (Å²) in [6, 6.07) is 5.65. The number of aliphatic hydroxyl groups excluding tert-OH is 2. The summed E-state index contributed by atoms with van der Waals surface area (Å²) in [5, 5.41) is 18.6. The number of likely N-dealkylation sites (N-methyl/N-ethyl adjacent to an activating group) is 1. The SMILES string of the molecule is CC(CO)N(C)c1nc2ccccn2c1CO. The van der Waals surface area contributed by atoms with Gasteiger partial charge >= 0.3 is 0 Å². The molecule has 0 spiro atoms. The summed E-state index contributed by atoms with van der Waals surface area (Å²) in [5.41, 5.74) is 1.53. The van der Waals surface area contributed by atoms with Crippen molar-refractivity contribution in [3.63, 3.8) is 0 Å². The smallest absolute Gasteiger partial charge is 0.153 e. The van der Waals surface area contributed by atoms with Gasteiger partial charge in [-0.15, -0.1) is 0 Å². The highest BCUT2D eigenvalue weighted by Gasteiger charge is 2.18. The first-order valence-electron chi connectivity index (χ1n) is 5.59. The lowest BCUT2D eigenvalue weighted by molar-refractivity contribution is 0.265. The Morgan fingerprint density at radius 1 is 1.41 bits per heavy atom. The van der Waals surface area contributed by atoms with Gasteiger partial charge in [-0.05, 0) is 19.1 Å². The summed E-state index contributed by atoms with van der Waals surface area (Å²) in [5.74, 6) is 0.709. The predicted octanol–water partition coefficient (Wildman–Crippen LogP) is 0.644. The van der Waals surface area contributed by atoms with Gasteiger partial charge < -0.3 is 15.1 Å². The number of aromatic nitrogens is 2. The summed E-state index contributed by atoms with van der Waals surface area (Å²) >= 11 is 0. The second-order valence-corrected chi connectivity index (χ2v) is 4.11. The second-order valence-electron chi connectivity index (χ2n) is 4.11. The van der Waals surface area contributed by atoms with Gasteiger partial charge in [0.1, 0.15) is 5.65 Å². The second kappa shape index (κ2) is 4.73. The fraction of sp³-hybridized carbons (Fsp3) is 0.417. The zero-order chi connectivity index (χ0) is 12.4. The monoisotopic (exact) mass is 235 g/mol. The van der Waals surface area contributed by atoms with Crippen LogP contribution in [0.3, 0.4) is 0 Å². The van der Waals surface area contributed by atoms with Gasteiger partial charge in [-0.25, -0.2) is 4.98 Å². The van der Waals surface area contributed by atoms with Crippen molar-refractivity contribution in [2.75, 3.05) is 18.6 Å². The lowest BCUT2D eigenvalue weighted by Gasteiger charge is -2.23. The molecule has 0 radical (unpaired) electrons. The fourth-order valence-electron chi connectivity index (χ4n) is 1.79. The Kier molecular flexibility index (Phi) is 3.31. The largest absolute Gasteiger partial charge is 0.394 e. The molecule has 5 nitrogen and oxygen atoms in total. The van der Waals surface area contributed by atoms with Crippen LogP contribution in [0.25, 0.3) is 5.65 Å². The van der Waals surface area contributed by atoms with E-state index < -0.39 is 0 Å². The first-order chi connectivity index (χ1) is 8.19. The number of anilines is 1. The topological polar surface area (TPSA) is 61.0 Å². The molecule has 2 aromatic rings. The number of pyridine rings is 1. The van der Waals surface area contributed by atoms with E-state index in [9.17, 15) is 5.11 Å². The normalized spacial score (nSPS) is 12.9. The Balaban J connectivity index is 2.53. The van der Waals surface area contributed by atoms with Gasteiger partial charge in [0.15, 0.2) is 5.82 Å². The first-order valence-corrected chi connectivity index (χ1v) is 5.59. The van der Waals surface area contributed by atoms with E-state index in [1.165, 1.54) is 0 Å². The van der Waals surface area contributed by atoms with Crippen LogP contribution < -0.4 is 4.90 Å². The van der Waals surface area contributed by atoms with Crippen LogP contribution in [0.5, 0.6) is 0 Å². The van der Waals surface area contributed by atoms with Crippen LogP contribution in [0, 0.1) is 0 Å². The maximum atomic E-state index is 9.46. The van der Waals surface area contributed by atoms with Crippen molar-refractivity contribution in [3.05, 3.63) is 30.1 Å². The van der Waals surface area contributed by atoms with E-state index in [1.54, 1.807) is 0 Å². The van der Waals surface area contributed by atoms with E-state index in [-0.39, 0.29) is 19.3 Å². The summed E-state index contributed by atoms with van der Waals surface area (Å²) in [7, 11) is 1.86. The molecule has 0 aromatic carbocycles. The molecule has 92 valence electrons. The van der Waals surface area contributed by atoms with Gasteiger partial charge in [0, 0.05) is 13.2 Å².